The Morgan fingerprint density at radius 3 is 2.92 bits per heavy atom. The monoisotopic (exact) mass is 188 g/mol. The summed E-state index contributed by atoms with van der Waals surface area (Å²) in [6.45, 7) is 7.68. The van der Waals surface area contributed by atoms with Crippen LogP contribution in [0.4, 0.5) is 0 Å². The summed E-state index contributed by atoms with van der Waals surface area (Å²) in [5, 5.41) is 0. The smallest absolute Gasteiger partial charge is 0.0537 e. The van der Waals surface area contributed by atoms with E-state index in [1.54, 1.807) is 0 Å². The average Bonchev–Trinajstić information content (AvgIpc) is 2.54. The van der Waals surface area contributed by atoms with Crippen molar-refractivity contribution in [1.29, 1.82) is 0 Å². The van der Waals surface area contributed by atoms with Crippen molar-refractivity contribution in [2.45, 2.75) is 19.8 Å². The van der Waals surface area contributed by atoms with E-state index in [-0.39, 0.29) is 5.41 Å². The number of ether oxygens (including phenoxy) is 1. The lowest BCUT2D eigenvalue weighted by molar-refractivity contribution is 0.130. The van der Waals surface area contributed by atoms with Gasteiger partial charge in [0.25, 0.3) is 0 Å². The van der Waals surface area contributed by atoms with Crippen LogP contribution in [0.5, 0.6) is 0 Å². The van der Waals surface area contributed by atoms with Crippen molar-refractivity contribution < 1.29 is 4.74 Å². The predicted octanol–water partition coefficient (Wildman–Crippen LogP) is 2.84. The van der Waals surface area contributed by atoms with Gasteiger partial charge in [-0.3, -0.25) is 0 Å². The molecule has 2 heteroatoms. The molecule has 2 atom stereocenters. The van der Waals surface area contributed by atoms with Gasteiger partial charge in [0.05, 0.1) is 6.61 Å². The number of halogens is 1. The Kier molecular flexibility index (Phi) is 3.60. The van der Waals surface area contributed by atoms with Gasteiger partial charge in [0, 0.05) is 17.9 Å². The van der Waals surface area contributed by atoms with Crippen LogP contribution in [0.1, 0.15) is 19.8 Å². The normalized spacial score (nSPS) is 31.8. The molecule has 1 saturated heterocycles. The topological polar surface area (TPSA) is 9.23 Å². The lowest BCUT2D eigenvalue weighted by atomic mass is 9.76. The molecular formula is C10H17ClO. The fraction of sp³-hybridized carbons (Fsp3) is 0.800. The van der Waals surface area contributed by atoms with Crippen LogP contribution in [-0.4, -0.2) is 19.1 Å². The molecule has 0 spiro atoms. The number of hydrogen-bond donors (Lipinski definition) is 0. The Balaban J connectivity index is 2.58. The minimum atomic E-state index is 0.218. The van der Waals surface area contributed by atoms with Crippen LogP contribution in [0, 0.1) is 11.3 Å². The van der Waals surface area contributed by atoms with Gasteiger partial charge >= 0.3 is 0 Å². The second-order valence-corrected chi connectivity index (χ2v) is 3.99. The molecule has 0 N–H and O–H groups in total. The van der Waals surface area contributed by atoms with Crippen LogP contribution < -0.4 is 0 Å². The first kappa shape index (κ1) is 10.1. The third-order valence-electron chi connectivity index (χ3n) is 2.97. The highest BCUT2D eigenvalue weighted by molar-refractivity contribution is 6.18. The predicted molar refractivity (Wildman–Crippen MR) is 52.6 cm³/mol. The number of allylic oxidation sites excluding steroid dienone is 1. The number of rotatable bonds is 4. The largest absolute Gasteiger partial charge is 0.381 e. The second-order valence-electron chi connectivity index (χ2n) is 3.72. The lowest BCUT2D eigenvalue weighted by Gasteiger charge is -2.31. The van der Waals surface area contributed by atoms with Gasteiger partial charge in [-0.2, -0.15) is 0 Å². The summed E-state index contributed by atoms with van der Waals surface area (Å²) in [6.07, 6.45) is 4.11. The Morgan fingerprint density at radius 1 is 1.75 bits per heavy atom. The minimum Gasteiger partial charge on any atom is -0.381 e. The molecule has 0 bridgehead atoms. The van der Waals surface area contributed by atoms with Crippen LogP contribution in [-0.2, 0) is 4.74 Å². The van der Waals surface area contributed by atoms with E-state index in [0.29, 0.717) is 11.8 Å². The maximum Gasteiger partial charge on any atom is 0.0537 e. The Hall–Kier alpha value is -0.0100. The molecule has 70 valence electrons. The SMILES string of the molecule is C=CCC(C)C1(CCl)CCOC1. The maximum absolute atomic E-state index is 5.98. The van der Waals surface area contributed by atoms with E-state index >= 15 is 0 Å². The maximum atomic E-state index is 5.98. The summed E-state index contributed by atoms with van der Waals surface area (Å²) < 4.78 is 5.40. The van der Waals surface area contributed by atoms with Gasteiger partial charge in [-0.15, -0.1) is 18.2 Å². The standard InChI is InChI=1S/C10H17ClO/c1-3-4-9(2)10(7-11)5-6-12-8-10/h3,9H,1,4-8H2,2H3. The fourth-order valence-corrected chi connectivity index (χ4v) is 2.22. The summed E-state index contributed by atoms with van der Waals surface area (Å²) in [4.78, 5) is 0. The summed E-state index contributed by atoms with van der Waals surface area (Å²) in [5.41, 5.74) is 0.218. The molecule has 0 aromatic heterocycles. The zero-order valence-corrected chi connectivity index (χ0v) is 8.44. The molecular weight excluding hydrogens is 172 g/mol. The average molecular weight is 189 g/mol. The molecule has 0 aromatic carbocycles. The second kappa shape index (κ2) is 4.29. The summed E-state index contributed by atoms with van der Waals surface area (Å²) in [6, 6.07) is 0. The highest BCUT2D eigenvalue weighted by atomic mass is 35.5. The molecule has 1 rings (SSSR count). The van der Waals surface area contributed by atoms with E-state index < -0.39 is 0 Å². The van der Waals surface area contributed by atoms with Crippen LogP contribution in [0.2, 0.25) is 0 Å². The number of hydrogen-bond acceptors (Lipinski definition) is 1. The lowest BCUT2D eigenvalue weighted by Crippen LogP contribution is -2.31. The fourth-order valence-electron chi connectivity index (χ4n) is 1.75. The molecule has 0 aliphatic carbocycles. The van der Waals surface area contributed by atoms with E-state index in [9.17, 15) is 0 Å². The van der Waals surface area contributed by atoms with Crippen molar-refractivity contribution in [1.82, 2.24) is 0 Å². The highest BCUT2D eigenvalue weighted by Gasteiger charge is 2.38. The van der Waals surface area contributed by atoms with Gasteiger partial charge in [0.2, 0.25) is 0 Å². The number of alkyl halides is 1. The van der Waals surface area contributed by atoms with Gasteiger partial charge in [0.1, 0.15) is 0 Å². The zero-order chi connectivity index (χ0) is 9.03. The zero-order valence-electron chi connectivity index (χ0n) is 7.68. The van der Waals surface area contributed by atoms with Crippen molar-refractivity contribution in [3.05, 3.63) is 12.7 Å². The van der Waals surface area contributed by atoms with Crippen LogP contribution in [0.25, 0.3) is 0 Å². The molecule has 1 nitrogen and oxygen atoms in total. The summed E-state index contributed by atoms with van der Waals surface area (Å²) >= 11 is 5.98. The van der Waals surface area contributed by atoms with Crippen molar-refractivity contribution in [3.8, 4) is 0 Å². The molecule has 1 aliphatic rings. The van der Waals surface area contributed by atoms with Crippen molar-refractivity contribution >= 4 is 11.6 Å². The molecule has 1 heterocycles. The van der Waals surface area contributed by atoms with Gasteiger partial charge < -0.3 is 4.74 Å². The molecule has 1 aliphatic heterocycles. The van der Waals surface area contributed by atoms with Crippen molar-refractivity contribution in [2.24, 2.45) is 11.3 Å². The Bertz CT molecular complexity index is 150. The van der Waals surface area contributed by atoms with E-state index in [1.807, 2.05) is 6.08 Å². The first-order valence-electron chi connectivity index (χ1n) is 4.50. The third kappa shape index (κ3) is 1.83. The van der Waals surface area contributed by atoms with E-state index in [2.05, 4.69) is 13.5 Å². The van der Waals surface area contributed by atoms with E-state index in [1.165, 1.54) is 0 Å². The molecule has 0 aromatic rings. The van der Waals surface area contributed by atoms with Crippen molar-refractivity contribution in [3.63, 3.8) is 0 Å². The van der Waals surface area contributed by atoms with Crippen LogP contribution >= 0.6 is 11.6 Å². The van der Waals surface area contributed by atoms with Gasteiger partial charge in [-0.05, 0) is 18.8 Å². The summed E-state index contributed by atoms with van der Waals surface area (Å²) in [7, 11) is 0. The third-order valence-corrected chi connectivity index (χ3v) is 3.50. The quantitative estimate of drug-likeness (QED) is 0.487. The van der Waals surface area contributed by atoms with Gasteiger partial charge in [-0.25, -0.2) is 0 Å². The van der Waals surface area contributed by atoms with Gasteiger partial charge in [0.15, 0.2) is 0 Å². The first-order chi connectivity index (χ1) is 5.75. The highest BCUT2D eigenvalue weighted by Crippen LogP contribution is 2.39. The molecule has 2 unspecified atom stereocenters. The molecule has 0 saturated carbocycles. The van der Waals surface area contributed by atoms with Crippen LogP contribution in [0.3, 0.4) is 0 Å². The Morgan fingerprint density at radius 2 is 2.50 bits per heavy atom. The minimum absolute atomic E-state index is 0.218. The first-order valence-corrected chi connectivity index (χ1v) is 5.03. The van der Waals surface area contributed by atoms with Gasteiger partial charge in [-0.1, -0.05) is 13.0 Å². The van der Waals surface area contributed by atoms with E-state index in [0.717, 1.165) is 26.1 Å². The van der Waals surface area contributed by atoms with E-state index in [4.69, 9.17) is 16.3 Å². The molecule has 12 heavy (non-hydrogen) atoms. The molecule has 0 amide bonds. The summed E-state index contributed by atoms with van der Waals surface area (Å²) in [5.74, 6) is 1.30. The van der Waals surface area contributed by atoms with Crippen LogP contribution in [0.15, 0.2) is 12.7 Å². The molecule has 0 radical (unpaired) electrons. The van der Waals surface area contributed by atoms with Crippen molar-refractivity contribution in [2.75, 3.05) is 19.1 Å². The molecule has 1 fully saturated rings. The Labute approximate surface area is 79.7 Å².